The smallest absolute Gasteiger partial charge is 0.330 e. The zero-order valence-electron chi connectivity index (χ0n) is 16.9. The summed E-state index contributed by atoms with van der Waals surface area (Å²) < 4.78 is 5.82. The minimum atomic E-state index is -0.307. The molecule has 28 heavy (non-hydrogen) atoms. The first kappa shape index (κ1) is 20.6. The van der Waals surface area contributed by atoms with Crippen molar-refractivity contribution in [2.45, 2.75) is 26.8 Å². The highest BCUT2D eigenvalue weighted by atomic mass is 79.9. The molecule has 0 spiro atoms. The Morgan fingerprint density at radius 3 is 2.43 bits per heavy atom. The van der Waals surface area contributed by atoms with Gasteiger partial charge in [0.1, 0.15) is 0 Å². The van der Waals surface area contributed by atoms with E-state index in [1.54, 1.807) is 11.6 Å². The Morgan fingerprint density at radius 2 is 1.79 bits per heavy atom. The van der Waals surface area contributed by atoms with E-state index >= 15 is 0 Å². The fourth-order valence-electron chi connectivity index (χ4n) is 3.72. The lowest BCUT2D eigenvalue weighted by Crippen LogP contribution is -2.36. The highest BCUT2D eigenvalue weighted by Crippen LogP contribution is 2.30. The summed E-state index contributed by atoms with van der Waals surface area (Å²) in [7, 11) is 3.25. The van der Waals surface area contributed by atoms with E-state index in [-0.39, 0.29) is 11.2 Å². The molecule has 0 radical (unpaired) electrons. The number of fused-ring (bicyclic) bond motifs is 1. The second kappa shape index (κ2) is 8.49. The lowest BCUT2D eigenvalue weighted by Gasteiger charge is -2.18. The van der Waals surface area contributed by atoms with Crippen LogP contribution in [0.15, 0.2) is 44.5 Å². The van der Waals surface area contributed by atoms with Crippen LogP contribution < -0.4 is 11.2 Å². The van der Waals surface area contributed by atoms with Gasteiger partial charge < -0.3 is 9.47 Å². The second-order valence-corrected chi connectivity index (χ2v) is 7.94. The first-order chi connectivity index (χ1) is 13.4. The van der Waals surface area contributed by atoms with E-state index < -0.39 is 0 Å². The van der Waals surface area contributed by atoms with E-state index in [9.17, 15) is 9.59 Å². The zero-order chi connectivity index (χ0) is 20.4. The molecule has 6 nitrogen and oxygen atoms in total. The van der Waals surface area contributed by atoms with Crippen molar-refractivity contribution in [3.8, 4) is 11.3 Å². The van der Waals surface area contributed by atoms with Crippen molar-refractivity contribution in [2.75, 3.05) is 19.6 Å². The van der Waals surface area contributed by atoms with Crippen LogP contribution in [0.1, 0.15) is 20.3 Å². The first-order valence-corrected chi connectivity index (χ1v) is 10.5. The average Bonchev–Trinajstić information content (AvgIpc) is 3.07. The minimum absolute atomic E-state index is 0.254. The fraction of sp³-hybridized carbons (Fsp3) is 0.429. The Kier molecular flexibility index (Phi) is 6.25. The average molecular weight is 447 g/mol. The van der Waals surface area contributed by atoms with Gasteiger partial charge in [-0.2, -0.15) is 0 Å². The van der Waals surface area contributed by atoms with Crippen molar-refractivity contribution in [1.29, 1.82) is 0 Å². The molecule has 2 heterocycles. The molecular formula is C21H27BrN4O2. The molecule has 0 saturated heterocycles. The minimum Gasteiger partial charge on any atom is -0.345 e. The maximum atomic E-state index is 13.0. The van der Waals surface area contributed by atoms with Crippen molar-refractivity contribution < 1.29 is 0 Å². The van der Waals surface area contributed by atoms with Crippen molar-refractivity contribution in [3.63, 3.8) is 0 Å². The van der Waals surface area contributed by atoms with Gasteiger partial charge in [-0.05, 0) is 38.2 Å². The Balaban J connectivity index is 2.18. The molecule has 0 aliphatic heterocycles. The van der Waals surface area contributed by atoms with Crippen LogP contribution in [0.2, 0.25) is 0 Å². The third-order valence-electron chi connectivity index (χ3n) is 5.38. The number of nitrogens with zero attached hydrogens (tertiary/aromatic N) is 4. The van der Waals surface area contributed by atoms with Gasteiger partial charge in [0.2, 0.25) is 0 Å². The summed E-state index contributed by atoms with van der Waals surface area (Å²) in [5.74, 6) is 0. The molecule has 1 aromatic carbocycles. The second-order valence-electron chi connectivity index (χ2n) is 7.03. The van der Waals surface area contributed by atoms with Gasteiger partial charge in [-0.15, -0.1) is 0 Å². The first-order valence-electron chi connectivity index (χ1n) is 9.66. The predicted molar refractivity (Wildman–Crippen MR) is 118 cm³/mol. The van der Waals surface area contributed by atoms with E-state index in [0.717, 1.165) is 48.3 Å². The van der Waals surface area contributed by atoms with Crippen LogP contribution >= 0.6 is 15.9 Å². The summed E-state index contributed by atoms with van der Waals surface area (Å²) in [6.45, 7) is 8.16. The van der Waals surface area contributed by atoms with Gasteiger partial charge in [0.15, 0.2) is 0 Å². The molecule has 0 bridgehead atoms. The number of rotatable bonds is 7. The highest BCUT2D eigenvalue weighted by Gasteiger charge is 2.19. The normalized spacial score (nSPS) is 11.6. The number of benzene rings is 1. The lowest BCUT2D eigenvalue weighted by molar-refractivity contribution is 0.293. The van der Waals surface area contributed by atoms with E-state index in [2.05, 4.69) is 39.2 Å². The van der Waals surface area contributed by atoms with E-state index in [1.807, 2.05) is 30.5 Å². The van der Waals surface area contributed by atoms with Gasteiger partial charge in [0, 0.05) is 36.9 Å². The third kappa shape index (κ3) is 3.73. The van der Waals surface area contributed by atoms with Crippen LogP contribution in [-0.2, 0) is 20.6 Å². The molecule has 2 aromatic heterocycles. The molecule has 3 aromatic rings. The van der Waals surface area contributed by atoms with Crippen molar-refractivity contribution in [1.82, 2.24) is 18.6 Å². The van der Waals surface area contributed by atoms with Crippen LogP contribution in [0.25, 0.3) is 22.2 Å². The highest BCUT2D eigenvalue weighted by molar-refractivity contribution is 9.10. The number of hydrogen-bond donors (Lipinski definition) is 0. The van der Waals surface area contributed by atoms with E-state index in [4.69, 9.17) is 0 Å². The van der Waals surface area contributed by atoms with Crippen molar-refractivity contribution in [3.05, 3.63) is 55.8 Å². The number of aromatic nitrogens is 3. The van der Waals surface area contributed by atoms with Gasteiger partial charge in [-0.25, -0.2) is 4.79 Å². The van der Waals surface area contributed by atoms with Gasteiger partial charge >= 0.3 is 5.69 Å². The number of hydrogen-bond acceptors (Lipinski definition) is 3. The summed E-state index contributed by atoms with van der Waals surface area (Å²) in [5, 5.41) is 0.588. The topological polar surface area (TPSA) is 52.2 Å². The van der Waals surface area contributed by atoms with Crippen molar-refractivity contribution in [2.24, 2.45) is 14.1 Å². The largest absolute Gasteiger partial charge is 0.345 e. The summed E-state index contributed by atoms with van der Waals surface area (Å²) in [6.07, 6.45) is 2.91. The molecule has 7 heteroatoms. The predicted octanol–water partition coefficient (Wildman–Crippen LogP) is 3.20. The summed E-state index contributed by atoms with van der Waals surface area (Å²) in [5.41, 5.74) is 1.94. The summed E-state index contributed by atoms with van der Waals surface area (Å²) in [6, 6.07) is 7.95. The molecule has 0 fully saturated rings. The van der Waals surface area contributed by atoms with Gasteiger partial charge in [0.25, 0.3) is 5.56 Å². The molecule has 0 atom stereocenters. The Labute approximate surface area is 173 Å². The Morgan fingerprint density at radius 1 is 1.07 bits per heavy atom. The third-order valence-corrected chi connectivity index (χ3v) is 5.87. The van der Waals surface area contributed by atoms with Crippen LogP contribution in [0.3, 0.4) is 0 Å². The molecule has 0 aliphatic rings. The van der Waals surface area contributed by atoms with Gasteiger partial charge in [-0.3, -0.25) is 13.9 Å². The SMILES string of the molecule is CCN(CC)CCCn1cc2c(c1-c1cccc(Br)c1)c(=O)n(C)c(=O)n2C. The molecule has 0 N–H and O–H groups in total. The van der Waals surface area contributed by atoms with Crippen LogP contribution in [0, 0.1) is 0 Å². The molecule has 3 rings (SSSR count). The summed E-state index contributed by atoms with van der Waals surface area (Å²) >= 11 is 3.53. The Hall–Kier alpha value is -2.12. The molecule has 150 valence electrons. The van der Waals surface area contributed by atoms with Crippen LogP contribution in [-0.4, -0.2) is 38.2 Å². The zero-order valence-corrected chi connectivity index (χ0v) is 18.5. The quantitative estimate of drug-likeness (QED) is 0.559. The van der Waals surface area contributed by atoms with Crippen LogP contribution in [0.4, 0.5) is 0 Å². The maximum Gasteiger partial charge on any atom is 0.330 e. The van der Waals surface area contributed by atoms with Gasteiger partial charge in [-0.1, -0.05) is 41.9 Å². The lowest BCUT2D eigenvalue weighted by atomic mass is 10.1. The van der Waals surface area contributed by atoms with Crippen molar-refractivity contribution >= 4 is 26.8 Å². The fourth-order valence-corrected chi connectivity index (χ4v) is 4.12. The molecular weight excluding hydrogens is 420 g/mol. The summed E-state index contributed by atoms with van der Waals surface area (Å²) in [4.78, 5) is 27.8. The molecule has 0 amide bonds. The van der Waals surface area contributed by atoms with Crippen LogP contribution in [0.5, 0.6) is 0 Å². The maximum absolute atomic E-state index is 13.0. The van der Waals surface area contributed by atoms with Gasteiger partial charge in [0.05, 0.1) is 16.6 Å². The molecule has 0 saturated carbocycles. The molecule has 0 unspecified atom stereocenters. The van der Waals surface area contributed by atoms with E-state index in [1.165, 1.54) is 11.6 Å². The van der Waals surface area contributed by atoms with E-state index in [0.29, 0.717) is 10.9 Å². The monoisotopic (exact) mass is 446 g/mol. The molecule has 0 aliphatic carbocycles. The standard InChI is InChI=1S/C21H27BrN4O2/c1-5-25(6-2)11-8-12-26-14-17-18(20(27)24(4)21(28)23(17)3)19(26)15-9-7-10-16(22)13-15/h7,9-10,13-14H,5-6,8,11-12H2,1-4H3. The number of halogens is 1. The Bertz CT molecular complexity index is 1110. The number of aryl methyl sites for hydroxylation is 2.